The lowest BCUT2D eigenvalue weighted by Gasteiger charge is -2.39. The molecular weight excluding hydrogens is 363 g/mol. The van der Waals surface area contributed by atoms with Crippen LogP contribution in [0.1, 0.15) is 39.2 Å². The predicted molar refractivity (Wildman–Crippen MR) is 107 cm³/mol. The molecule has 0 aliphatic heterocycles. The number of halogens is 1. The summed E-state index contributed by atoms with van der Waals surface area (Å²) in [6, 6.07) is 4.49. The van der Waals surface area contributed by atoms with Gasteiger partial charge < -0.3 is 13.9 Å². The van der Waals surface area contributed by atoms with E-state index in [0.717, 1.165) is 17.6 Å². The van der Waals surface area contributed by atoms with Crippen molar-refractivity contribution >= 4 is 14.3 Å². The zero-order valence-electron chi connectivity index (χ0n) is 17.4. The van der Waals surface area contributed by atoms with E-state index in [1.165, 1.54) is 26.4 Å². The third-order valence-electron chi connectivity index (χ3n) is 5.74. The summed E-state index contributed by atoms with van der Waals surface area (Å²) in [5.41, 5.74) is 2.44. The van der Waals surface area contributed by atoms with Crippen LogP contribution in [-0.2, 0) is 20.4 Å². The summed E-state index contributed by atoms with van der Waals surface area (Å²) < 4.78 is 30.5. The number of esters is 1. The van der Waals surface area contributed by atoms with Gasteiger partial charge in [0.1, 0.15) is 11.6 Å². The topological polar surface area (TPSA) is 44.8 Å². The van der Waals surface area contributed by atoms with Crippen LogP contribution >= 0.6 is 0 Å². The minimum atomic E-state index is -2.01. The van der Waals surface area contributed by atoms with Gasteiger partial charge in [-0.3, -0.25) is 0 Å². The fourth-order valence-corrected chi connectivity index (χ4v) is 4.44. The number of rotatable bonds is 6. The van der Waals surface area contributed by atoms with Gasteiger partial charge in [-0.25, -0.2) is 9.18 Å². The molecule has 0 bridgehead atoms. The highest BCUT2D eigenvalue weighted by molar-refractivity contribution is 6.74. The van der Waals surface area contributed by atoms with Gasteiger partial charge in [0.05, 0.1) is 20.3 Å². The fourth-order valence-electron chi connectivity index (χ4n) is 3.11. The number of carbonyl (C=O) groups excluding carboxylic acids is 1. The van der Waals surface area contributed by atoms with E-state index in [1.54, 1.807) is 6.07 Å². The molecule has 1 aromatic rings. The molecule has 6 heteroatoms. The van der Waals surface area contributed by atoms with Crippen LogP contribution in [0, 0.1) is 5.82 Å². The van der Waals surface area contributed by atoms with E-state index >= 15 is 0 Å². The Labute approximate surface area is 162 Å². The highest BCUT2D eigenvalue weighted by Gasteiger charge is 2.42. The first-order valence-electron chi connectivity index (χ1n) is 9.30. The quantitative estimate of drug-likeness (QED) is 0.501. The minimum absolute atomic E-state index is 0.0691. The molecule has 2 rings (SSSR count). The summed E-state index contributed by atoms with van der Waals surface area (Å²) in [6.07, 6.45) is 1.74. The standard InChI is InChI=1S/C21H31FO4Si/c1-21(2,3)27(6,7)26-18-11-10-16(20(23)25-5)17(18)12-14-8-9-15(22)13-19(14)24-4/h8-9,13,18H,10-12H2,1-7H3. The molecule has 1 aromatic carbocycles. The lowest BCUT2D eigenvalue weighted by Crippen LogP contribution is -2.44. The van der Waals surface area contributed by atoms with Crippen molar-refractivity contribution in [2.24, 2.45) is 0 Å². The van der Waals surface area contributed by atoms with E-state index < -0.39 is 8.32 Å². The van der Waals surface area contributed by atoms with Crippen molar-refractivity contribution < 1.29 is 23.1 Å². The maximum atomic E-state index is 13.6. The van der Waals surface area contributed by atoms with E-state index in [1.807, 2.05) is 0 Å². The van der Waals surface area contributed by atoms with Crippen LogP contribution in [0.2, 0.25) is 18.1 Å². The number of hydrogen-bond acceptors (Lipinski definition) is 4. The Balaban J connectivity index is 2.40. The van der Waals surface area contributed by atoms with E-state index in [4.69, 9.17) is 13.9 Å². The molecule has 0 fully saturated rings. The van der Waals surface area contributed by atoms with E-state index in [0.29, 0.717) is 24.2 Å². The normalized spacial score (nSPS) is 18.0. The molecule has 1 unspecified atom stereocenters. The second-order valence-electron chi connectivity index (χ2n) is 8.53. The minimum Gasteiger partial charge on any atom is -0.496 e. The zero-order chi connectivity index (χ0) is 20.4. The van der Waals surface area contributed by atoms with Gasteiger partial charge >= 0.3 is 5.97 Å². The lowest BCUT2D eigenvalue weighted by atomic mass is 9.99. The number of carbonyl (C=O) groups is 1. The maximum absolute atomic E-state index is 13.6. The molecule has 27 heavy (non-hydrogen) atoms. The lowest BCUT2D eigenvalue weighted by molar-refractivity contribution is -0.136. The first-order valence-corrected chi connectivity index (χ1v) is 12.2. The smallest absolute Gasteiger partial charge is 0.333 e. The van der Waals surface area contributed by atoms with Crippen molar-refractivity contribution in [1.82, 2.24) is 0 Å². The Morgan fingerprint density at radius 2 is 1.93 bits per heavy atom. The summed E-state index contributed by atoms with van der Waals surface area (Å²) >= 11 is 0. The number of ether oxygens (including phenoxy) is 2. The molecule has 1 aliphatic carbocycles. The second-order valence-corrected chi connectivity index (χ2v) is 13.3. The molecule has 4 nitrogen and oxygen atoms in total. The Kier molecular flexibility index (Phi) is 6.53. The summed E-state index contributed by atoms with van der Waals surface area (Å²) in [5.74, 6) is -0.185. The largest absolute Gasteiger partial charge is 0.496 e. The summed E-state index contributed by atoms with van der Waals surface area (Å²) in [6.45, 7) is 11.0. The van der Waals surface area contributed by atoms with Crippen molar-refractivity contribution in [3.63, 3.8) is 0 Å². The summed E-state index contributed by atoms with van der Waals surface area (Å²) in [5, 5.41) is 0.0691. The molecule has 150 valence electrons. The first-order chi connectivity index (χ1) is 12.5. The van der Waals surface area contributed by atoms with Crippen molar-refractivity contribution in [1.29, 1.82) is 0 Å². The number of hydrogen-bond donors (Lipinski definition) is 0. The van der Waals surface area contributed by atoms with Crippen LogP contribution in [0.25, 0.3) is 0 Å². The van der Waals surface area contributed by atoms with Gasteiger partial charge in [0.15, 0.2) is 8.32 Å². The third kappa shape index (κ3) is 4.79. The van der Waals surface area contributed by atoms with Crippen molar-refractivity contribution in [2.75, 3.05) is 14.2 Å². The highest BCUT2D eigenvalue weighted by atomic mass is 28.4. The molecule has 0 saturated carbocycles. The van der Waals surface area contributed by atoms with Crippen LogP contribution in [0.5, 0.6) is 5.75 Å². The predicted octanol–water partition coefficient (Wildman–Crippen LogP) is 5.03. The SMILES string of the molecule is COC(=O)C1=C(Cc2ccc(F)cc2OC)C(O[Si](C)(C)C(C)(C)C)CC1. The maximum Gasteiger partial charge on any atom is 0.333 e. The van der Waals surface area contributed by atoms with Crippen LogP contribution < -0.4 is 4.74 Å². The molecule has 1 aliphatic rings. The van der Waals surface area contributed by atoms with Crippen molar-refractivity contribution in [3.05, 3.63) is 40.7 Å². The van der Waals surface area contributed by atoms with Crippen LogP contribution in [0.4, 0.5) is 4.39 Å². The van der Waals surface area contributed by atoms with Crippen LogP contribution in [0.15, 0.2) is 29.3 Å². The molecule has 0 amide bonds. The van der Waals surface area contributed by atoms with Gasteiger partial charge in [-0.2, -0.15) is 0 Å². The van der Waals surface area contributed by atoms with Gasteiger partial charge in [0, 0.05) is 18.1 Å². The van der Waals surface area contributed by atoms with E-state index in [-0.39, 0.29) is 22.9 Å². The van der Waals surface area contributed by atoms with Gasteiger partial charge in [0.2, 0.25) is 0 Å². The first kappa shape index (κ1) is 21.6. The zero-order valence-corrected chi connectivity index (χ0v) is 18.4. The van der Waals surface area contributed by atoms with Gasteiger partial charge in [-0.05, 0) is 48.2 Å². The third-order valence-corrected chi connectivity index (χ3v) is 10.2. The highest BCUT2D eigenvalue weighted by Crippen LogP contribution is 2.42. The van der Waals surface area contributed by atoms with Crippen LogP contribution in [-0.4, -0.2) is 34.6 Å². The Hall–Kier alpha value is -1.66. The van der Waals surface area contributed by atoms with Gasteiger partial charge in [0.25, 0.3) is 0 Å². The van der Waals surface area contributed by atoms with Crippen molar-refractivity contribution in [3.8, 4) is 5.75 Å². The van der Waals surface area contributed by atoms with Crippen molar-refractivity contribution in [2.45, 2.75) is 64.3 Å². The molecule has 0 aromatic heterocycles. The molecular formula is C21H31FO4Si. The molecule has 0 N–H and O–H groups in total. The van der Waals surface area contributed by atoms with E-state index in [9.17, 15) is 9.18 Å². The monoisotopic (exact) mass is 394 g/mol. The average molecular weight is 395 g/mol. The number of methoxy groups -OCH3 is 2. The number of benzene rings is 1. The molecule has 0 heterocycles. The average Bonchev–Trinajstić information content (AvgIpc) is 2.96. The van der Waals surface area contributed by atoms with Gasteiger partial charge in [-0.1, -0.05) is 26.8 Å². The molecule has 0 spiro atoms. The Morgan fingerprint density at radius 3 is 2.48 bits per heavy atom. The van der Waals surface area contributed by atoms with Crippen LogP contribution in [0.3, 0.4) is 0 Å². The Morgan fingerprint density at radius 1 is 1.26 bits per heavy atom. The molecule has 0 radical (unpaired) electrons. The molecule has 0 saturated heterocycles. The second kappa shape index (κ2) is 8.15. The molecule has 1 atom stereocenters. The fraction of sp³-hybridized carbons (Fsp3) is 0.571. The summed E-state index contributed by atoms with van der Waals surface area (Å²) in [4.78, 5) is 12.3. The van der Waals surface area contributed by atoms with Gasteiger partial charge in [-0.15, -0.1) is 0 Å². The van der Waals surface area contributed by atoms with E-state index in [2.05, 4.69) is 33.9 Å². The summed E-state index contributed by atoms with van der Waals surface area (Å²) in [7, 11) is 0.904. The Bertz CT molecular complexity index is 734.